The van der Waals surface area contributed by atoms with E-state index in [-0.39, 0.29) is 12.3 Å². The Balaban J connectivity index is 1.19. The molecule has 5 rings (SSSR count). The van der Waals surface area contributed by atoms with Crippen LogP contribution >= 0.6 is 0 Å². The molecule has 1 aliphatic heterocycles. The Morgan fingerprint density at radius 2 is 1.81 bits per heavy atom. The highest BCUT2D eigenvalue weighted by Gasteiger charge is 2.21. The molecule has 4 aromatic rings. The summed E-state index contributed by atoms with van der Waals surface area (Å²) in [4.78, 5) is 31.8. The fraction of sp³-hybridized carbons (Fsp3) is 0.346. The van der Waals surface area contributed by atoms with E-state index in [0.29, 0.717) is 50.5 Å². The topological polar surface area (TPSA) is 129 Å². The van der Waals surface area contributed by atoms with Gasteiger partial charge in [0, 0.05) is 56.5 Å². The molecule has 1 aromatic carbocycles. The number of piperazine rings is 1. The van der Waals surface area contributed by atoms with E-state index in [2.05, 4.69) is 49.7 Å². The first-order valence-electron chi connectivity index (χ1n) is 12.4. The number of fused-ring (bicyclic) bond motifs is 1. The van der Waals surface area contributed by atoms with Gasteiger partial charge in [0.15, 0.2) is 5.65 Å². The van der Waals surface area contributed by atoms with Crippen LogP contribution in [0.4, 0.5) is 11.6 Å². The SMILES string of the molecule is O=C(O)CCCCC(=O)N1CCN(c2ccc(-c3cnc(NCc4ccco4)n4cnnc34)cc2)CC1. The number of aliphatic carboxylic acids is 1. The quantitative estimate of drug-likeness (QED) is 0.313. The van der Waals surface area contributed by atoms with Crippen molar-refractivity contribution in [2.45, 2.75) is 32.2 Å². The van der Waals surface area contributed by atoms with E-state index in [0.717, 1.165) is 35.7 Å². The van der Waals surface area contributed by atoms with Crippen molar-refractivity contribution in [3.63, 3.8) is 0 Å². The van der Waals surface area contributed by atoms with Crippen LogP contribution in [0.5, 0.6) is 0 Å². The van der Waals surface area contributed by atoms with E-state index in [1.807, 2.05) is 21.4 Å². The van der Waals surface area contributed by atoms with Crippen molar-refractivity contribution in [1.29, 1.82) is 0 Å². The van der Waals surface area contributed by atoms with Crippen LogP contribution in [0.15, 0.2) is 59.6 Å². The van der Waals surface area contributed by atoms with Gasteiger partial charge in [-0.3, -0.25) is 14.0 Å². The Labute approximate surface area is 213 Å². The van der Waals surface area contributed by atoms with E-state index in [9.17, 15) is 9.59 Å². The summed E-state index contributed by atoms with van der Waals surface area (Å²) in [7, 11) is 0. The van der Waals surface area contributed by atoms with Gasteiger partial charge in [-0.05, 0) is 42.7 Å². The van der Waals surface area contributed by atoms with Crippen LogP contribution in [0.3, 0.4) is 0 Å². The van der Waals surface area contributed by atoms with Crippen molar-refractivity contribution in [3.05, 3.63) is 60.9 Å². The fourth-order valence-corrected chi connectivity index (χ4v) is 4.51. The van der Waals surface area contributed by atoms with E-state index in [1.54, 1.807) is 18.8 Å². The number of carbonyl (C=O) groups is 2. The third-order valence-electron chi connectivity index (χ3n) is 6.54. The second kappa shape index (κ2) is 11.1. The first-order valence-corrected chi connectivity index (χ1v) is 12.4. The average Bonchev–Trinajstić information content (AvgIpc) is 3.63. The minimum absolute atomic E-state index is 0.104. The number of carboxylic acid groups (broad SMARTS) is 1. The summed E-state index contributed by atoms with van der Waals surface area (Å²) >= 11 is 0. The summed E-state index contributed by atoms with van der Waals surface area (Å²) in [6, 6.07) is 12.0. The van der Waals surface area contributed by atoms with E-state index < -0.39 is 5.97 Å². The van der Waals surface area contributed by atoms with Gasteiger partial charge in [0.2, 0.25) is 11.9 Å². The summed E-state index contributed by atoms with van der Waals surface area (Å²) in [5, 5.41) is 20.4. The predicted octanol–water partition coefficient (Wildman–Crippen LogP) is 3.29. The van der Waals surface area contributed by atoms with Gasteiger partial charge in [-0.15, -0.1) is 10.2 Å². The lowest BCUT2D eigenvalue weighted by molar-refractivity contribution is -0.137. The summed E-state index contributed by atoms with van der Waals surface area (Å²) in [6.07, 6.45) is 6.74. The molecule has 0 aliphatic carbocycles. The van der Waals surface area contributed by atoms with Gasteiger partial charge < -0.3 is 24.6 Å². The largest absolute Gasteiger partial charge is 0.481 e. The minimum atomic E-state index is -0.815. The van der Waals surface area contributed by atoms with Crippen LogP contribution in [0.2, 0.25) is 0 Å². The first kappa shape index (κ1) is 24.3. The molecular formula is C26H29N7O4. The predicted molar refractivity (Wildman–Crippen MR) is 137 cm³/mol. The lowest BCUT2D eigenvalue weighted by Gasteiger charge is -2.36. The number of unbranched alkanes of at least 4 members (excludes halogenated alkanes) is 1. The molecule has 1 saturated heterocycles. The number of amides is 1. The number of rotatable bonds is 10. The van der Waals surface area contributed by atoms with Crippen LogP contribution in [-0.2, 0) is 16.1 Å². The fourth-order valence-electron chi connectivity index (χ4n) is 4.51. The number of carbonyl (C=O) groups excluding carboxylic acids is 1. The Bertz CT molecular complexity index is 1340. The molecule has 0 saturated carbocycles. The highest BCUT2D eigenvalue weighted by Crippen LogP contribution is 2.27. The second-order valence-electron chi connectivity index (χ2n) is 8.97. The van der Waals surface area contributed by atoms with E-state index in [1.165, 1.54) is 0 Å². The van der Waals surface area contributed by atoms with Crippen molar-refractivity contribution in [3.8, 4) is 11.1 Å². The number of hydrogen-bond donors (Lipinski definition) is 2. The van der Waals surface area contributed by atoms with Crippen molar-refractivity contribution < 1.29 is 19.1 Å². The first-order chi connectivity index (χ1) is 18.1. The number of furan rings is 1. The van der Waals surface area contributed by atoms with Crippen LogP contribution in [0.25, 0.3) is 16.8 Å². The van der Waals surface area contributed by atoms with Gasteiger partial charge in [0.1, 0.15) is 12.1 Å². The van der Waals surface area contributed by atoms with Gasteiger partial charge in [0.25, 0.3) is 0 Å². The third-order valence-corrected chi connectivity index (χ3v) is 6.54. The summed E-state index contributed by atoms with van der Waals surface area (Å²) in [5.41, 5.74) is 3.67. The molecule has 0 bridgehead atoms. The number of anilines is 2. The molecule has 1 aliphatic rings. The molecule has 11 heteroatoms. The van der Waals surface area contributed by atoms with E-state index in [4.69, 9.17) is 9.52 Å². The molecule has 37 heavy (non-hydrogen) atoms. The van der Waals surface area contributed by atoms with Crippen LogP contribution in [0.1, 0.15) is 31.4 Å². The molecule has 0 unspecified atom stereocenters. The van der Waals surface area contributed by atoms with Crippen LogP contribution < -0.4 is 10.2 Å². The van der Waals surface area contributed by atoms with Gasteiger partial charge in [0.05, 0.1) is 12.8 Å². The molecule has 3 aromatic heterocycles. The molecule has 11 nitrogen and oxygen atoms in total. The Kier molecular flexibility index (Phi) is 7.29. The molecule has 2 N–H and O–H groups in total. The normalized spacial score (nSPS) is 13.7. The van der Waals surface area contributed by atoms with Gasteiger partial charge in [-0.1, -0.05) is 12.1 Å². The third kappa shape index (κ3) is 5.71. The summed E-state index contributed by atoms with van der Waals surface area (Å²) in [5.74, 6) is 0.728. The molecule has 0 spiro atoms. The highest BCUT2D eigenvalue weighted by atomic mass is 16.4. The van der Waals surface area contributed by atoms with Gasteiger partial charge in [-0.25, -0.2) is 4.98 Å². The summed E-state index contributed by atoms with van der Waals surface area (Å²) in [6.45, 7) is 3.34. The number of nitrogens with one attached hydrogen (secondary N) is 1. The van der Waals surface area contributed by atoms with Gasteiger partial charge in [-0.2, -0.15) is 0 Å². The number of carboxylic acids is 1. The molecular weight excluding hydrogens is 474 g/mol. The number of aromatic nitrogens is 4. The maximum absolute atomic E-state index is 12.4. The van der Waals surface area contributed by atoms with Crippen molar-refractivity contribution in [1.82, 2.24) is 24.5 Å². The molecule has 1 amide bonds. The van der Waals surface area contributed by atoms with Crippen molar-refractivity contribution >= 4 is 29.2 Å². The molecule has 0 radical (unpaired) electrons. The van der Waals surface area contributed by atoms with Crippen LogP contribution in [-0.4, -0.2) is 67.6 Å². The van der Waals surface area contributed by atoms with E-state index >= 15 is 0 Å². The Morgan fingerprint density at radius 1 is 1.03 bits per heavy atom. The number of hydrogen-bond acceptors (Lipinski definition) is 8. The standard InChI is InChI=1S/C26H29N7O4/c34-23(5-1-2-6-24(35)36)32-13-11-31(12-14-32)20-9-7-19(8-10-20)22-17-28-26(33-18-29-30-25(22)33)27-16-21-4-3-15-37-21/h3-4,7-10,15,17-18H,1-2,5-6,11-14,16H2,(H,27,28)(H,35,36). The average molecular weight is 504 g/mol. The molecule has 0 atom stereocenters. The van der Waals surface area contributed by atoms with Crippen molar-refractivity contribution in [2.75, 3.05) is 36.4 Å². The molecule has 192 valence electrons. The highest BCUT2D eigenvalue weighted by molar-refractivity contribution is 5.79. The Hall–Kier alpha value is -4.41. The summed E-state index contributed by atoms with van der Waals surface area (Å²) < 4.78 is 7.20. The number of benzene rings is 1. The molecule has 4 heterocycles. The maximum Gasteiger partial charge on any atom is 0.303 e. The number of nitrogens with zero attached hydrogens (tertiary/aromatic N) is 6. The minimum Gasteiger partial charge on any atom is -0.481 e. The van der Waals surface area contributed by atoms with Gasteiger partial charge >= 0.3 is 5.97 Å². The molecule has 1 fully saturated rings. The smallest absolute Gasteiger partial charge is 0.303 e. The zero-order valence-electron chi connectivity index (χ0n) is 20.4. The maximum atomic E-state index is 12.4. The zero-order valence-corrected chi connectivity index (χ0v) is 20.4. The Morgan fingerprint density at radius 3 is 2.54 bits per heavy atom. The zero-order chi connectivity index (χ0) is 25.6. The lowest BCUT2D eigenvalue weighted by atomic mass is 10.1. The monoisotopic (exact) mass is 503 g/mol. The van der Waals surface area contributed by atoms with Crippen molar-refractivity contribution in [2.24, 2.45) is 0 Å². The lowest BCUT2D eigenvalue weighted by Crippen LogP contribution is -2.48. The second-order valence-corrected chi connectivity index (χ2v) is 8.97. The van der Waals surface area contributed by atoms with Crippen LogP contribution in [0, 0.1) is 0 Å².